The summed E-state index contributed by atoms with van der Waals surface area (Å²) in [7, 11) is 0. The molecule has 0 radical (unpaired) electrons. The molecule has 5 rings (SSSR count). The fourth-order valence-electron chi connectivity index (χ4n) is 5.17. The molecule has 1 aromatic carbocycles. The van der Waals surface area contributed by atoms with Gasteiger partial charge in [-0.1, -0.05) is 12.1 Å². The first-order valence-electron chi connectivity index (χ1n) is 10.4. The van der Waals surface area contributed by atoms with Gasteiger partial charge in [-0.3, -0.25) is 14.5 Å². The number of likely N-dealkylation sites (tertiary alicyclic amines) is 2. The molecule has 3 saturated heterocycles. The number of hydrogen-bond acceptors (Lipinski definition) is 4. The van der Waals surface area contributed by atoms with Crippen LogP contribution in [0.25, 0.3) is 10.9 Å². The van der Waals surface area contributed by atoms with Crippen molar-refractivity contribution < 1.29 is 14.3 Å². The first-order valence-corrected chi connectivity index (χ1v) is 10.4. The predicted molar refractivity (Wildman–Crippen MR) is 106 cm³/mol. The molecule has 1 amide bonds. The van der Waals surface area contributed by atoms with E-state index in [0.717, 1.165) is 37.0 Å². The summed E-state index contributed by atoms with van der Waals surface area (Å²) in [6, 6.07) is 7.78. The van der Waals surface area contributed by atoms with Gasteiger partial charge in [0.1, 0.15) is 6.10 Å². The Hall–Kier alpha value is -2.34. The Morgan fingerprint density at radius 1 is 1.14 bits per heavy atom. The number of amides is 1. The summed E-state index contributed by atoms with van der Waals surface area (Å²) in [5, 5.41) is 1.04. The van der Waals surface area contributed by atoms with Crippen molar-refractivity contribution in [2.24, 2.45) is 5.41 Å². The number of fused-ring (bicyclic) bond motifs is 1. The fourth-order valence-corrected chi connectivity index (χ4v) is 5.17. The van der Waals surface area contributed by atoms with E-state index in [4.69, 9.17) is 4.74 Å². The van der Waals surface area contributed by atoms with E-state index >= 15 is 0 Å². The molecule has 0 aliphatic carbocycles. The van der Waals surface area contributed by atoms with Gasteiger partial charge in [-0.25, -0.2) is 0 Å². The zero-order chi connectivity index (χ0) is 19.1. The number of piperidine rings is 1. The lowest BCUT2D eigenvalue weighted by atomic mass is 9.76. The molecule has 6 heteroatoms. The zero-order valence-corrected chi connectivity index (χ0v) is 16.2. The van der Waals surface area contributed by atoms with Crippen molar-refractivity contribution in [1.82, 2.24) is 14.8 Å². The molecule has 2 aromatic rings. The van der Waals surface area contributed by atoms with Crippen LogP contribution in [0.5, 0.6) is 0 Å². The number of rotatable bonds is 3. The molecule has 1 unspecified atom stereocenters. The molecule has 1 atom stereocenters. The van der Waals surface area contributed by atoms with Gasteiger partial charge in [-0.15, -0.1) is 0 Å². The predicted octanol–water partition coefficient (Wildman–Crippen LogP) is 2.80. The highest BCUT2D eigenvalue weighted by Crippen LogP contribution is 2.43. The SMILES string of the molecule is O=C(c1cccc2cc[nH]c12)N1CCC2(CC1)CC(CN1CCCC1)OC2=O. The zero-order valence-electron chi connectivity index (χ0n) is 16.2. The van der Waals surface area contributed by atoms with Gasteiger partial charge in [0.05, 0.1) is 16.5 Å². The summed E-state index contributed by atoms with van der Waals surface area (Å²) >= 11 is 0. The maximum Gasteiger partial charge on any atom is 0.312 e. The van der Waals surface area contributed by atoms with Gasteiger partial charge in [0.25, 0.3) is 5.91 Å². The van der Waals surface area contributed by atoms with Crippen LogP contribution < -0.4 is 0 Å². The third kappa shape index (κ3) is 3.00. The third-order valence-corrected chi connectivity index (χ3v) is 6.81. The molecule has 28 heavy (non-hydrogen) atoms. The van der Waals surface area contributed by atoms with Crippen LogP contribution >= 0.6 is 0 Å². The minimum absolute atomic E-state index is 0.0144. The van der Waals surface area contributed by atoms with Crippen molar-refractivity contribution in [1.29, 1.82) is 0 Å². The monoisotopic (exact) mass is 381 g/mol. The largest absolute Gasteiger partial charge is 0.461 e. The number of benzene rings is 1. The maximum atomic E-state index is 13.1. The van der Waals surface area contributed by atoms with Gasteiger partial charge in [0.2, 0.25) is 0 Å². The first-order chi connectivity index (χ1) is 13.6. The van der Waals surface area contributed by atoms with E-state index in [9.17, 15) is 9.59 Å². The molecule has 3 aliphatic rings. The number of H-pyrrole nitrogens is 1. The molecule has 3 aliphatic heterocycles. The molecule has 148 valence electrons. The smallest absolute Gasteiger partial charge is 0.312 e. The van der Waals surface area contributed by atoms with Gasteiger partial charge < -0.3 is 14.6 Å². The lowest BCUT2D eigenvalue weighted by molar-refractivity contribution is -0.150. The van der Waals surface area contributed by atoms with Crippen LogP contribution in [0, 0.1) is 5.41 Å². The van der Waals surface area contributed by atoms with E-state index in [1.807, 2.05) is 35.4 Å². The van der Waals surface area contributed by atoms with Gasteiger partial charge in [-0.05, 0) is 50.9 Å². The molecular weight excluding hydrogens is 354 g/mol. The quantitative estimate of drug-likeness (QED) is 0.831. The van der Waals surface area contributed by atoms with Crippen LogP contribution in [0.4, 0.5) is 0 Å². The second kappa shape index (κ2) is 6.92. The molecule has 3 fully saturated rings. The topological polar surface area (TPSA) is 65.6 Å². The summed E-state index contributed by atoms with van der Waals surface area (Å²) in [5.74, 6) is -0.00172. The standard InChI is InChI=1S/C22H27N3O3/c26-20(18-5-3-4-16-6-9-23-19(16)18)25-12-7-22(8-13-25)14-17(28-21(22)27)15-24-10-1-2-11-24/h3-6,9,17,23H,1-2,7-8,10-15H2. The average molecular weight is 381 g/mol. The van der Waals surface area contributed by atoms with Crippen LogP contribution in [0.3, 0.4) is 0 Å². The molecule has 0 bridgehead atoms. The van der Waals surface area contributed by atoms with Gasteiger partial charge in [0, 0.05) is 37.6 Å². The first kappa shape index (κ1) is 17.7. The number of ether oxygens (including phenoxy) is 1. The summed E-state index contributed by atoms with van der Waals surface area (Å²) < 4.78 is 5.76. The number of nitrogens with one attached hydrogen (secondary N) is 1. The highest BCUT2D eigenvalue weighted by molar-refractivity contribution is 6.05. The van der Waals surface area contributed by atoms with Crippen molar-refractivity contribution in [3.63, 3.8) is 0 Å². The van der Waals surface area contributed by atoms with E-state index in [1.54, 1.807) is 0 Å². The van der Waals surface area contributed by atoms with Crippen LogP contribution in [-0.4, -0.2) is 65.5 Å². The second-order valence-electron chi connectivity index (χ2n) is 8.56. The normalized spacial score (nSPS) is 24.9. The number of aromatic amines is 1. The minimum atomic E-state index is -0.389. The summed E-state index contributed by atoms with van der Waals surface area (Å²) in [6.45, 7) is 4.33. The Balaban J connectivity index is 1.25. The lowest BCUT2D eigenvalue weighted by Gasteiger charge is -2.36. The number of para-hydroxylation sites is 1. The van der Waals surface area contributed by atoms with Crippen LogP contribution in [0.1, 0.15) is 42.5 Å². The van der Waals surface area contributed by atoms with E-state index in [-0.39, 0.29) is 23.4 Å². The molecule has 6 nitrogen and oxygen atoms in total. The van der Waals surface area contributed by atoms with Gasteiger partial charge in [0.15, 0.2) is 0 Å². The number of cyclic esters (lactones) is 1. The molecule has 1 spiro atoms. The Morgan fingerprint density at radius 2 is 1.93 bits per heavy atom. The van der Waals surface area contributed by atoms with Crippen LogP contribution in [0.2, 0.25) is 0 Å². The van der Waals surface area contributed by atoms with E-state index < -0.39 is 0 Å². The van der Waals surface area contributed by atoms with Gasteiger partial charge in [-0.2, -0.15) is 0 Å². The summed E-state index contributed by atoms with van der Waals surface area (Å²) in [4.78, 5) is 33.2. The highest BCUT2D eigenvalue weighted by Gasteiger charge is 2.51. The van der Waals surface area contributed by atoms with Crippen LogP contribution in [0.15, 0.2) is 30.5 Å². The molecule has 4 heterocycles. The van der Waals surface area contributed by atoms with Crippen molar-refractivity contribution in [3.8, 4) is 0 Å². The van der Waals surface area contributed by atoms with Crippen molar-refractivity contribution >= 4 is 22.8 Å². The number of nitrogens with zero attached hydrogens (tertiary/aromatic N) is 2. The van der Waals surface area contributed by atoms with Gasteiger partial charge >= 0.3 is 5.97 Å². The van der Waals surface area contributed by atoms with Crippen molar-refractivity contribution in [2.45, 2.75) is 38.2 Å². The number of aromatic nitrogens is 1. The molecule has 0 saturated carbocycles. The molecule has 1 N–H and O–H groups in total. The van der Waals surface area contributed by atoms with E-state index in [2.05, 4.69) is 9.88 Å². The number of esters is 1. The molecule has 1 aromatic heterocycles. The summed E-state index contributed by atoms with van der Waals surface area (Å²) in [5.41, 5.74) is 1.21. The number of hydrogen-bond donors (Lipinski definition) is 1. The number of carbonyl (C=O) groups is 2. The molecular formula is C22H27N3O3. The second-order valence-corrected chi connectivity index (χ2v) is 8.56. The maximum absolute atomic E-state index is 13.1. The fraction of sp³-hybridized carbons (Fsp3) is 0.545. The Bertz CT molecular complexity index is 891. The Kier molecular flexibility index (Phi) is 4.38. The third-order valence-electron chi connectivity index (χ3n) is 6.81. The Morgan fingerprint density at radius 3 is 2.71 bits per heavy atom. The summed E-state index contributed by atoms with van der Waals surface area (Å²) in [6.07, 6.45) is 6.58. The lowest BCUT2D eigenvalue weighted by Crippen LogP contribution is -2.45. The van der Waals surface area contributed by atoms with E-state index in [1.165, 1.54) is 12.8 Å². The average Bonchev–Trinajstić information content (AvgIpc) is 3.44. The Labute approximate surface area is 164 Å². The number of carbonyl (C=O) groups excluding carboxylic acids is 2. The van der Waals surface area contributed by atoms with Crippen molar-refractivity contribution in [2.75, 3.05) is 32.7 Å². The van der Waals surface area contributed by atoms with Crippen LogP contribution in [-0.2, 0) is 9.53 Å². The van der Waals surface area contributed by atoms with E-state index in [0.29, 0.717) is 31.5 Å². The minimum Gasteiger partial charge on any atom is -0.461 e. The van der Waals surface area contributed by atoms with Crippen molar-refractivity contribution in [3.05, 3.63) is 36.0 Å². The highest BCUT2D eigenvalue weighted by atomic mass is 16.6.